The van der Waals surface area contributed by atoms with Crippen molar-refractivity contribution in [3.8, 4) is 5.75 Å². The van der Waals surface area contributed by atoms with Crippen LogP contribution in [0.4, 0.5) is 5.82 Å². The molecule has 0 atom stereocenters. The number of ether oxygens (including phenoxy) is 1. The molecule has 0 spiro atoms. The van der Waals surface area contributed by atoms with E-state index in [1.165, 1.54) is 0 Å². The van der Waals surface area contributed by atoms with Gasteiger partial charge in [0.2, 0.25) is 5.91 Å². The maximum Gasteiger partial charge on any atom is 0.225 e. The van der Waals surface area contributed by atoms with Gasteiger partial charge in [-0.15, -0.1) is 0 Å². The maximum absolute atomic E-state index is 11.9. The van der Waals surface area contributed by atoms with Crippen molar-refractivity contribution < 1.29 is 9.53 Å². The van der Waals surface area contributed by atoms with Gasteiger partial charge in [-0.2, -0.15) is 0 Å². The number of carbonyl (C=O) groups is 1. The second-order valence-electron chi connectivity index (χ2n) is 4.79. The molecule has 1 amide bonds. The van der Waals surface area contributed by atoms with Crippen LogP contribution >= 0.6 is 0 Å². The number of aromatic nitrogens is 1. The minimum absolute atomic E-state index is 0.0225. The molecule has 4 heteroatoms. The number of carbonyl (C=O) groups excluding carboxylic acids is 1. The Hall–Kier alpha value is -2.36. The third-order valence-electron chi connectivity index (χ3n) is 3.14. The molecule has 1 heterocycles. The van der Waals surface area contributed by atoms with Crippen molar-refractivity contribution in [2.24, 2.45) is 0 Å². The Morgan fingerprint density at radius 1 is 1.24 bits per heavy atom. The molecular formula is C17H20N2O2. The molecule has 0 saturated carbocycles. The average molecular weight is 284 g/mol. The first-order chi connectivity index (χ1) is 10.2. The Balaban J connectivity index is 1.85. The number of aryl methyl sites for hydroxylation is 2. The molecule has 4 nitrogen and oxygen atoms in total. The van der Waals surface area contributed by atoms with Gasteiger partial charge < -0.3 is 10.1 Å². The maximum atomic E-state index is 11.9. The van der Waals surface area contributed by atoms with E-state index < -0.39 is 0 Å². The van der Waals surface area contributed by atoms with Crippen molar-refractivity contribution in [3.05, 3.63) is 53.7 Å². The molecule has 0 bridgehead atoms. The zero-order valence-corrected chi connectivity index (χ0v) is 12.4. The standard InChI is InChI=1S/C17H20N2O2/c1-3-21-15-9-6-14(7-10-15)8-11-16(20)19-17-13(2)5-4-12-18-17/h4-7,9-10,12H,3,8,11H2,1-2H3,(H,18,19,20). The van der Waals surface area contributed by atoms with Gasteiger partial charge in [0.05, 0.1) is 6.61 Å². The van der Waals surface area contributed by atoms with Crippen LogP contribution in [0.2, 0.25) is 0 Å². The predicted octanol–water partition coefficient (Wildman–Crippen LogP) is 3.36. The summed E-state index contributed by atoms with van der Waals surface area (Å²) in [6, 6.07) is 11.6. The van der Waals surface area contributed by atoms with Crippen LogP contribution in [0.15, 0.2) is 42.6 Å². The first-order valence-corrected chi connectivity index (χ1v) is 7.12. The monoisotopic (exact) mass is 284 g/mol. The van der Waals surface area contributed by atoms with Crippen LogP contribution in [0.25, 0.3) is 0 Å². The molecule has 1 aromatic carbocycles. The molecule has 110 valence electrons. The number of hydrogen-bond donors (Lipinski definition) is 1. The molecule has 0 aliphatic rings. The SMILES string of the molecule is CCOc1ccc(CCC(=O)Nc2ncccc2C)cc1. The fraction of sp³-hybridized carbons (Fsp3) is 0.294. The Morgan fingerprint density at radius 2 is 2.00 bits per heavy atom. The van der Waals surface area contributed by atoms with Crippen molar-refractivity contribution in [1.82, 2.24) is 4.98 Å². The summed E-state index contributed by atoms with van der Waals surface area (Å²) in [4.78, 5) is 16.1. The van der Waals surface area contributed by atoms with E-state index in [9.17, 15) is 4.79 Å². The lowest BCUT2D eigenvalue weighted by Crippen LogP contribution is -2.14. The first-order valence-electron chi connectivity index (χ1n) is 7.12. The summed E-state index contributed by atoms with van der Waals surface area (Å²) in [5.41, 5.74) is 2.08. The fourth-order valence-corrected chi connectivity index (χ4v) is 1.99. The molecule has 1 aromatic heterocycles. The molecule has 0 aliphatic carbocycles. The minimum atomic E-state index is -0.0225. The Bertz CT molecular complexity index is 594. The second kappa shape index (κ2) is 7.43. The minimum Gasteiger partial charge on any atom is -0.494 e. The van der Waals surface area contributed by atoms with Crippen LogP contribution in [0.3, 0.4) is 0 Å². The van der Waals surface area contributed by atoms with E-state index in [0.717, 1.165) is 16.9 Å². The normalized spacial score (nSPS) is 10.2. The summed E-state index contributed by atoms with van der Waals surface area (Å²) in [6.45, 7) is 4.54. The lowest BCUT2D eigenvalue weighted by molar-refractivity contribution is -0.116. The number of benzene rings is 1. The highest BCUT2D eigenvalue weighted by Gasteiger charge is 2.06. The van der Waals surface area contributed by atoms with E-state index in [1.807, 2.05) is 50.2 Å². The molecule has 0 radical (unpaired) electrons. The number of nitrogens with zero attached hydrogens (tertiary/aromatic N) is 1. The number of amides is 1. The lowest BCUT2D eigenvalue weighted by Gasteiger charge is -2.07. The molecule has 2 aromatic rings. The molecule has 0 saturated heterocycles. The van der Waals surface area contributed by atoms with Crippen molar-refractivity contribution in [2.45, 2.75) is 26.7 Å². The van der Waals surface area contributed by atoms with E-state index in [4.69, 9.17) is 4.74 Å². The van der Waals surface area contributed by atoms with Crippen LogP contribution in [0, 0.1) is 6.92 Å². The van der Waals surface area contributed by atoms with Gasteiger partial charge in [0, 0.05) is 12.6 Å². The lowest BCUT2D eigenvalue weighted by atomic mass is 10.1. The molecular weight excluding hydrogens is 264 g/mol. The molecule has 0 aliphatic heterocycles. The van der Waals surface area contributed by atoms with Crippen molar-refractivity contribution in [3.63, 3.8) is 0 Å². The molecule has 0 unspecified atom stereocenters. The van der Waals surface area contributed by atoms with Crippen LogP contribution in [-0.4, -0.2) is 17.5 Å². The van der Waals surface area contributed by atoms with Gasteiger partial charge >= 0.3 is 0 Å². The van der Waals surface area contributed by atoms with Crippen LogP contribution in [-0.2, 0) is 11.2 Å². The third-order valence-corrected chi connectivity index (χ3v) is 3.14. The number of rotatable bonds is 6. The van der Waals surface area contributed by atoms with Gasteiger partial charge in [0.25, 0.3) is 0 Å². The van der Waals surface area contributed by atoms with Crippen LogP contribution in [0.1, 0.15) is 24.5 Å². The summed E-state index contributed by atoms with van der Waals surface area (Å²) in [6.07, 6.45) is 2.81. The Morgan fingerprint density at radius 3 is 2.67 bits per heavy atom. The van der Waals surface area contributed by atoms with Crippen molar-refractivity contribution in [2.75, 3.05) is 11.9 Å². The highest BCUT2D eigenvalue weighted by atomic mass is 16.5. The van der Waals surface area contributed by atoms with E-state index in [0.29, 0.717) is 25.3 Å². The molecule has 2 rings (SSSR count). The van der Waals surface area contributed by atoms with Gasteiger partial charge in [-0.3, -0.25) is 4.79 Å². The van der Waals surface area contributed by atoms with Crippen molar-refractivity contribution >= 4 is 11.7 Å². The molecule has 21 heavy (non-hydrogen) atoms. The first kappa shape index (κ1) is 15.0. The van der Waals surface area contributed by atoms with Crippen LogP contribution < -0.4 is 10.1 Å². The highest BCUT2D eigenvalue weighted by Crippen LogP contribution is 2.14. The summed E-state index contributed by atoms with van der Waals surface area (Å²) in [5.74, 6) is 1.47. The zero-order valence-electron chi connectivity index (χ0n) is 12.4. The van der Waals surface area contributed by atoms with Gasteiger partial charge in [0.15, 0.2) is 0 Å². The largest absolute Gasteiger partial charge is 0.494 e. The van der Waals surface area contributed by atoms with Gasteiger partial charge in [-0.1, -0.05) is 18.2 Å². The number of nitrogens with one attached hydrogen (secondary N) is 1. The summed E-state index contributed by atoms with van der Waals surface area (Å²) in [7, 11) is 0. The van der Waals surface area contributed by atoms with Crippen LogP contribution in [0.5, 0.6) is 5.75 Å². The molecule has 1 N–H and O–H groups in total. The smallest absolute Gasteiger partial charge is 0.225 e. The number of hydrogen-bond acceptors (Lipinski definition) is 3. The fourth-order valence-electron chi connectivity index (χ4n) is 1.99. The average Bonchev–Trinajstić information content (AvgIpc) is 2.49. The third kappa shape index (κ3) is 4.60. The number of anilines is 1. The van der Waals surface area contributed by atoms with E-state index in [-0.39, 0.29) is 5.91 Å². The van der Waals surface area contributed by atoms with E-state index in [2.05, 4.69) is 10.3 Å². The second-order valence-corrected chi connectivity index (χ2v) is 4.79. The predicted molar refractivity (Wildman–Crippen MR) is 83.5 cm³/mol. The highest BCUT2D eigenvalue weighted by molar-refractivity contribution is 5.90. The summed E-state index contributed by atoms with van der Waals surface area (Å²) < 4.78 is 5.39. The van der Waals surface area contributed by atoms with Gasteiger partial charge in [-0.05, 0) is 49.6 Å². The van der Waals surface area contributed by atoms with Crippen molar-refractivity contribution in [1.29, 1.82) is 0 Å². The topological polar surface area (TPSA) is 51.2 Å². The Labute approximate surface area is 125 Å². The Kier molecular flexibility index (Phi) is 5.32. The van der Waals surface area contributed by atoms with E-state index in [1.54, 1.807) is 6.20 Å². The zero-order chi connectivity index (χ0) is 15.1. The van der Waals surface area contributed by atoms with Gasteiger partial charge in [0.1, 0.15) is 11.6 Å². The number of pyridine rings is 1. The quantitative estimate of drug-likeness (QED) is 0.885. The molecule has 0 fully saturated rings. The van der Waals surface area contributed by atoms with E-state index >= 15 is 0 Å². The summed E-state index contributed by atoms with van der Waals surface area (Å²) in [5, 5.41) is 2.84. The van der Waals surface area contributed by atoms with Gasteiger partial charge in [-0.25, -0.2) is 4.98 Å². The summed E-state index contributed by atoms with van der Waals surface area (Å²) >= 11 is 0.